The normalized spacial score (nSPS) is 17.0. The van der Waals surface area contributed by atoms with Crippen LogP contribution in [0.4, 0.5) is 0 Å². The first-order valence-electron chi connectivity index (χ1n) is 7.58. The summed E-state index contributed by atoms with van der Waals surface area (Å²) in [5.41, 5.74) is 3.19. The van der Waals surface area contributed by atoms with Gasteiger partial charge in [-0.25, -0.2) is 14.3 Å². The molecule has 21 heavy (non-hydrogen) atoms. The van der Waals surface area contributed by atoms with E-state index in [1.165, 1.54) is 0 Å². The Morgan fingerprint density at radius 2 is 1.86 bits per heavy atom. The molecule has 0 saturated carbocycles. The average molecular weight is 311 g/mol. The van der Waals surface area contributed by atoms with Crippen molar-refractivity contribution in [3.8, 4) is 0 Å². The molecule has 1 aliphatic rings. The Kier molecular flexibility index (Phi) is 4.08. The first-order chi connectivity index (χ1) is 10.2. The molecule has 3 heterocycles. The molecule has 0 amide bonds. The smallest absolute Gasteiger partial charge is 0.177 e. The number of halogens is 1. The van der Waals surface area contributed by atoms with Crippen molar-refractivity contribution in [3.05, 3.63) is 11.5 Å². The summed E-state index contributed by atoms with van der Waals surface area (Å²) in [6.45, 7) is 6.27. The Bertz CT molecular complexity index is 623. The highest BCUT2D eigenvalue weighted by atomic mass is 35.5. The Morgan fingerprint density at radius 3 is 2.48 bits per heavy atom. The van der Waals surface area contributed by atoms with E-state index in [0.29, 0.717) is 5.88 Å². The Hall–Kier alpha value is -1.27. The van der Waals surface area contributed by atoms with E-state index in [9.17, 15) is 0 Å². The molecule has 0 N–H and O–H groups in total. The van der Waals surface area contributed by atoms with Crippen LogP contribution in [0.25, 0.3) is 11.2 Å². The van der Waals surface area contributed by atoms with Crippen molar-refractivity contribution in [1.29, 1.82) is 0 Å². The topological polar surface area (TPSA) is 42.1 Å². The number of likely N-dealkylation sites (N-methyl/N-ethyl adjacent to an activating group) is 1. The molecule has 7 heteroatoms. The maximum absolute atomic E-state index is 5.98. The van der Waals surface area contributed by atoms with Crippen LogP contribution in [0.3, 0.4) is 0 Å². The number of alkyl halides is 1. The summed E-state index contributed by atoms with van der Waals surface area (Å²) >= 11 is 5.98. The van der Waals surface area contributed by atoms with Gasteiger partial charge in [0.05, 0.1) is 5.69 Å². The number of fused-ring (bicyclic) bond motifs is 1. The number of hydrogen-bond acceptors (Lipinski definition) is 4. The predicted molar refractivity (Wildman–Crippen MR) is 85.7 cm³/mol. The van der Waals surface area contributed by atoms with E-state index in [1.807, 2.05) is 11.7 Å². The molecule has 1 saturated heterocycles. The first-order valence-corrected chi connectivity index (χ1v) is 8.12. The average Bonchev–Trinajstić information content (AvgIpc) is 2.98. The van der Waals surface area contributed by atoms with Gasteiger partial charge in [-0.1, -0.05) is 6.92 Å². The van der Waals surface area contributed by atoms with Crippen LogP contribution in [0.15, 0.2) is 0 Å². The monoisotopic (exact) mass is 310 g/mol. The van der Waals surface area contributed by atoms with Crippen molar-refractivity contribution in [2.45, 2.75) is 19.8 Å². The molecule has 3 rings (SSSR count). The molecular formula is C14H23ClN6. The second kappa shape index (κ2) is 5.85. The number of aryl methyl sites for hydroxylation is 3. The second-order valence-corrected chi connectivity index (χ2v) is 6.01. The van der Waals surface area contributed by atoms with E-state index in [0.717, 1.165) is 61.7 Å². The molecule has 116 valence electrons. The fraction of sp³-hybridized carbons (Fsp3) is 0.714. The third-order valence-corrected chi connectivity index (χ3v) is 4.35. The van der Waals surface area contributed by atoms with Gasteiger partial charge < -0.3 is 9.91 Å². The van der Waals surface area contributed by atoms with Gasteiger partial charge in [0, 0.05) is 45.5 Å². The first kappa shape index (κ1) is 14.7. The molecule has 6 nitrogen and oxygen atoms in total. The fourth-order valence-electron chi connectivity index (χ4n) is 2.99. The van der Waals surface area contributed by atoms with Crippen molar-refractivity contribution >= 4 is 22.8 Å². The molecule has 0 unspecified atom stereocenters. The highest BCUT2D eigenvalue weighted by Crippen LogP contribution is 2.21. The predicted octanol–water partition coefficient (Wildman–Crippen LogP) is 0.997. The molecule has 1 aliphatic heterocycles. The lowest BCUT2D eigenvalue weighted by Crippen LogP contribution is -2.50. The molecule has 0 aromatic carbocycles. The van der Waals surface area contributed by atoms with Crippen LogP contribution in [-0.2, 0) is 19.9 Å². The lowest BCUT2D eigenvalue weighted by Gasteiger charge is -2.35. The minimum absolute atomic E-state index is 0.589. The lowest BCUT2D eigenvalue weighted by atomic mass is 10.3. The Labute approximate surface area is 130 Å². The van der Waals surface area contributed by atoms with Crippen molar-refractivity contribution in [3.63, 3.8) is 0 Å². The van der Waals surface area contributed by atoms with Crippen molar-refractivity contribution in [1.82, 2.24) is 24.3 Å². The zero-order valence-corrected chi connectivity index (χ0v) is 13.8. The number of imidazole rings is 1. The van der Waals surface area contributed by atoms with Crippen molar-refractivity contribution in [2.24, 2.45) is 7.05 Å². The molecule has 2 aromatic heterocycles. The van der Waals surface area contributed by atoms with Crippen molar-refractivity contribution < 1.29 is 0 Å². The summed E-state index contributed by atoms with van der Waals surface area (Å²) in [5, 5.41) is 6.98. The van der Waals surface area contributed by atoms with E-state index in [1.54, 1.807) is 0 Å². The van der Waals surface area contributed by atoms with Gasteiger partial charge in [-0.05, 0) is 13.5 Å². The summed E-state index contributed by atoms with van der Waals surface area (Å²) in [5.74, 6) is 1.64. The third-order valence-electron chi connectivity index (χ3n) is 4.16. The maximum Gasteiger partial charge on any atom is 0.177 e. The second-order valence-electron chi connectivity index (χ2n) is 5.63. The van der Waals surface area contributed by atoms with Gasteiger partial charge in [-0.2, -0.15) is 5.10 Å². The summed E-state index contributed by atoms with van der Waals surface area (Å²) in [4.78, 5) is 7.18. The summed E-state index contributed by atoms with van der Waals surface area (Å²) in [7, 11) is 4.17. The lowest BCUT2D eigenvalue weighted by molar-refractivity contribution is 0.287. The molecule has 0 aliphatic carbocycles. The number of piperazine rings is 1. The van der Waals surface area contributed by atoms with Crippen molar-refractivity contribution in [2.75, 3.05) is 44.1 Å². The highest BCUT2D eigenvalue weighted by Gasteiger charge is 2.24. The molecular weight excluding hydrogens is 288 g/mol. The van der Waals surface area contributed by atoms with Gasteiger partial charge in [-0.3, -0.25) is 0 Å². The van der Waals surface area contributed by atoms with Gasteiger partial charge in [-0.15, -0.1) is 11.6 Å². The minimum atomic E-state index is 0.589. The van der Waals surface area contributed by atoms with Crippen LogP contribution in [-0.4, -0.2) is 63.4 Å². The van der Waals surface area contributed by atoms with E-state index < -0.39 is 0 Å². The Balaban J connectivity index is 2.09. The van der Waals surface area contributed by atoms with Gasteiger partial charge in [0.1, 0.15) is 11.3 Å². The molecule has 2 aromatic rings. The zero-order valence-electron chi connectivity index (χ0n) is 13.0. The van der Waals surface area contributed by atoms with Crippen LogP contribution in [0.2, 0.25) is 0 Å². The zero-order chi connectivity index (χ0) is 15.0. The summed E-state index contributed by atoms with van der Waals surface area (Å²) in [6, 6.07) is 0. The van der Waals surface area contributed by atoms with Crippen LogP contribution in [0, 0.1) is 0 Å². The Morgan fingerprint density at radius 1 is 1.14 bits per heavy atom. The number of nitrogens with zero attached hydrogens (tertiary/aromatic N) is 6. The van der Waals surface area contributed by atoms with Crippen LogP contribution < -0.4 is 5.01 Å². The van der Waals surface area contributed by atoms with E-state index in [-0.39, 0.29) is 0 Å². The molecule has 0 bridgehead atoms. The van der Waals surface area contributed by atoms with E-state index in [4.69, 9.17) is 16.6 Å². The largest absolute Gasteiger partial charge is 0.307 e. The van der Waals surface area contributed by atoms with E-state index >= 15 is 0 Å². The summed E-state index contributed by atoms with van der Waals surface area (Å²) in [6.07, 6.45) is 1.68. The maximum atomic E-state index is 5.98. The van der Waals surface area contributed by atoms with Gasteiger partial charge in [0.15, 0.2) is 5.65 Å². The standard InChI is InChI=1S/C14H23ClN6/c1-4-11-13-14(19(3)17-11)21(12(16-13)5-6-15)20-9-7-18(2)8-10-20/h4-10H2,1-3H3. The highest BCUT2D eigenvalue weighted by molar-refractivity contribution is 6.17. The minimum Gasteiger partial charge on any atom is -0.307 e. The van der Waals surface area contributed by atoms with Gasteiger partial charge >= 0.3 is 0 Å². The number of hydrogen-bond donors (Lipinski definition) is 0. The third kappa shape index (κ3) is 2.51. The molecule has 0 atom stereocenters. The quantitative estimate of drug-likeness (QED) is 0.790. The van der Waals surface area contributed by atoms with Gasteiger partial charge in [0.25, 0.3) is 0 Å². The fourth-order valence-corrected chi connectivity index (χ4v) is 3.16. The molecule has 0 spiro atoms. The van der Waals surface area contributed by atoms with Crippen LogP contribution >= 0.6 is 11.6 Å². The summed E-state index contributed by atoms with van der Waals surface area (Å²) < 4.78 is 4.20. The molecule has 1 fully saturated rings. The van der Waals surface area contributed by atoms with Gasteiger partial charge in [0.2, 0.25) is 0 Å². The van der Waals surface area contributed by atoms with E-state index in [2.05, 4.69) is 33.7 Å². The SMILES string of the molecule is CCc1nn(C)c2c1nc(CCCl)n2N1CCN(C)CC1. The number of rotatable bonds is 4. The number of aromatic nitrogens is 4. The van der Waals surface area contributed by atoms with Crippen LogP contribution in [0.5, 0.6) is 0 Å². The molecule has 0 radical (unpaired) electrons. The van der Waals surface area contributed by atoms with Crippen LogP contribution in [0.1, 0.15) is 18.4 Å².